The number of carbonyl (C=O) groups is 1. The third-order valence-electron chi connectivity index (χ3n) is 2.77. The van der Waals surface area contributed by atoms with E-state index in [0.29, 0.717) is 22.8 Å². The van der Waals surface area contributed by atoms with E-state index < -0.39 is 0 Å². The van der Waals surface area contributed by atoms with Crippen molar-refractivity contribution in [2.24, 2.45) is 0 Å². The molecule has 2 heterocycles. The molecule has 0 unspecified atom stereocenters. The number of nitrogens with one attached hydrogen (secondary N) is 2. The Morgan fingerprint density at radius 2 is 2.35 bits per heavy atom. The van der Waals surface area contributed by atoms with Crippen LogP contribution in [0.1, 0.15) is 22.2 Å². The van der Waals surface area contributed by atoms with Crippen molar-refractivity contribution < 1.29 is 9.32 Å². The number of nitrogens with two attached hydrogens (primary N) is 1. The van der Waals surface area contributed by atoms with Crippen molar-refractivity contribution in [1.29, 1.82) is 0 Å². The monoisotopic (exact) mass is 272 g/mol. The maximum atomic E-state index is 12.1. The Morgan fingerprint density at radius 1 is 1.50 bits per heavy atom. The van der Waals surface area contributed by atoms with E-state index in [1.54, 1.807) is 25.1 Å². The third kappa shape index (κ3) is 2.18. The van der Waals surface area contributed by atoms with E-state index in [9.17, 15) is 4.79 Å². The number of rotatable bonds is 3. The molecule has 102 valence electrons. The number of aromatic amines is 1. The van der Waals surface area contributed by atoms with Crippen LogP contribution in [0.15, 0.2) is 22.7 Å². The van der Waals surface area contributed by atoms with Crippen molar-refractivity contribution in [3.63, 3.8) is 0 Å². The molecular formula is C12H12N6O2. The number of hydrogen-bond donors (Lipinski definition) is 3. The van der Waals surface area contributed by atoms with Crippen LogP contribution in [0.25, 0.3) is 10.9 Å². The maximum Gasteiger partial charge on any atom is 0.272 e. The zero-order chi connectivity index (χ0) is 14.1. The van der Waals surface area contributed by atoms with Crippen molar-refractivity contribution >= 4 is 22.5 Å². The summed E-state index contributed by atoms with van der Waals surface area (Å²) in [7, 11) is 0. The first-order valence-corrected chi connectivity index (χ1v) is 5.94. The first-order chi connectivity index (χ1) is 9.63. The van der Waals surface area contributed by atoms with E-state index >= 15 is 0 Å². The molecule has 8 nitrogen and oxygen atoms in total. The van der Waals surface area contributed by atoms with Crippen LogP contribution in [0.2, 0.25) is 0 Å². The smallest absolute Gasteiger partial charge is 0.272 e. The van der Waals surface area contributed by atoms with E-state index in [4.69, 9.17) is 10.3 Å². The van der Waals surface area contributed by atoms with Crippen molar-refractivity contribution in [1.82, 2.24) is 25.7 Å². The molecule has 0 atom stereocenters. The second-order valence-electron chi connectivity index (χ2n) is 4.30. The molecule has 0 aliphatic carbocycles. The maximum absolute atomic E-state index is 12.1. The Balaban J connectivity index is 1.80. The molecule has 8 heteroatoms. The van der Waals surface area contributed by atoms with Crippen molar-refractivity contribution in [3.05, 3.63) is 35.6 Å². The van der Waals surface area contributed by atoms with Gasteiger partial charge < -0.3 is 15.6 Å². The Morgan fingerprint density at radius 3 is 3.10 bits per heavy atom. The molecule has 0 spiro atoms. The summed E-state index contributed by atoms with van der Waals surface area (Å²) in [6.07, 6.45) is 0. The molecule has 0 aliphatic heterocycles. The van der Waals surface area contributed by atoms with Crippen LogP contribution in [0.5, 0.6) is 0 Å². The molecule has 1 amide bonds. The van der Waals surface area contributed by atoms with Gasteiger partial charge in [0.25, 0.3) is 5.91 Å². The van der Waals surface area contributed by atoms with Gasteiger partial charge >= 0.3 is 0 Å². The number of anilines is 1. The molecule has 0 fully saturated rings. The van der Waals surface area contributed by atoms with Crippen molar-refractivity contribution in [2.45, 2.75) is 13.5 Å². The largest absolute Gasteiger partial charge is 0.399 e. The van der Waals surface area contributed by atoms with Gasteiger partial charge in [-0.25, -0.2) is 0 Å². The molecule has 2 aromatic heterocycles. The number of carbonyl (C=O) groups excluding carboxylic acids is 1. The van der Waals surface area contributed by atoms with Gasteiger partial charge in [-0.1, -0.05) is 5.16 Å². The van der Waals surface area contributed by atoms with Gasteiger partial charge in [-0.3, -0.25) is 9.89 Å². The molecule has 3 rings (SSSR count). The lowest BCUT2D eigenvalue weighted by atomic mass is 10.2. The average Bonchev–Trinajstić information content (AvgIpc) is 3.02. The summed E-state index contributed by atoms with van der Waals surface area (Å²) in [6.45, 7) is 1.86. The molecule has 0 bridgehead atoms. The molecule has 0 saturated carbocycles. The highest BCUT2D eigenvalue weighted by Gasteiger charge is 2.15. The second kappa shape index (κ2) is 4.65. The minimum absolute atomic E-state index is 0.149. The first-order valence-electron chi connectivity index (χ1n) is 5.94. The summed E-state index contributed by atoms with van der Waals surface area (Å²) in [5.41, 5.74) is 7.31. The van der Waals surface area contributed by atoms with Crippen LogP contribution in [-0.2, 0) is 6.54 Å². The normalized spacial score (nSPS) is 10.8. The van der Waals surface area contributed by atoms with Gasteiger partial charge in [0.1, 0.15) is 0 Å². The first kappa shape index (κ1) is 12.2. The fourth-order valence-corrected chi connectivity index (χ4v) is 1.86. The highest BCUT2D eigenvalue weighted by Crippen LogP contribution is 2.18. The number of aromatic nitrogens is 4. The second-order valence-corrected chi connectivity index (χ2v) is 4.30. The predicted molar refractivity (Wildman–Crippen MR) is 70.7 cm³/mol. The van der Waals surface area contributed by atoms with Gasteiger partial charge in [-0.15, -0.1) is 0 Å². The zero-order valence-corrected chi connectivity index (χ0v) is 10.7. The lowest BCUT2D eigenvalue weighted by Gasteiger charge is -2.00. The van der Waals surface area contributed by atoms with Crippen LogP contribution >= 0.6 is 0 Å². The minimum Gasteiger partial charge on any atom is -0.399 e. The lowest BCUT2D eigenvalue weighted by molar-refractivity contribution is 0.0943. The van der Waals surface area contributed by atoms with E-state index in [0.717, 1.165) is 5.52 Å². The molecule has 1 aromatic carbocycles. The highest BCUT2D eigenvalue weighted by atomic mass is 16.5. The number of amides is 1. The number of nitrogens with zero attached hydrogens (tertiary/aromatic N) is 3. The van der Waals surface area contributed by atoms with Gasteiger partial charge in [0.2, 0.25) is 5.89 Å². The van der Waals surface area contributed by atoms with Crippen LogP contribution in [0, 0.1) is 6.92 Å². The Labute approximate surface area is 113 Å². The van der Waals surface area contributed by atoms with Gasteiger partial charge in [0.05, 0.1) is 12.1 Å². The van der Waals surface area contributed by atoms with Gasteiger partial charge in [-0.2, -0.15) is 10.1 Å². The van der Waals surface area contributed by atoms with Crippen LogP contribution in [0.3, 0.4) is 0 Å². The summed E-state index contributed by atoms with van der Waals surface area (Å²) in [5.74, 6) is 0.528. The Kier molecular flexibility index (Phi) is 2.82. The zero-order valence-electron chi connectivity index (χ0n) is 10.7. The van der Waals surface area contributed by atoms with Gasteiger partial charge in [-0.05, 0) is 25.1 Å². The van der Waals surface area contributed by atoms with E-state index in [1.165, 1.54) is 0 Å². The number of nitrogen functional groups attached to an aromatic ring is 1. The number of fused-ring (bicyclic) bond motifs is 1. The van der Waals surface area contributed by atoms with Crippen LogP contribution in [-0.4, -0.2) is 26.2 Å². The number of hydrogen-bond acceptors (Lipinski definition) is 6. The molecular weight excluding hydrogens is 260 g/mol. The number of H-pyrrole nitrogens is 1. The minimum atomic E-state index is -0.335. The number of benzene rings is 1. The van der Waals surface area contributed by atoms with E-state index in [2.05, 4.69) is 25.7 Å². The van der Waals surface area contributed by atoms with E-state index in [-0.39, 0.29) is 18.1 Å². The SMILES string of the molecule is Cc1noc(CNC(=O)c2n[nH]c3ccc(N)cc23)n1. The average molecular weight is 272 g/mol. The summed E-state index contributed by atoms with van der Waals surface area (Å²) >= 11 is 0. The molecule has 20 heavy (non-hydrogen) atoms. The Bertz CT molecular complexity index is 775. The van der Waals surface area contributed by atoms with Crippen LogP contribution in [0.4, 0.5) is 5.69 Å². The van der Waals surface area contributed by atoms with E-state index in [1.807, 2.05) is 0 Å². The molecule has 4 N–H and O–H groups in total. The standard InChI is InChI=1S/C12H12N6O2/c1-6-15-10(20-18-6)5-14-12(19)11-8-4-7(13)2-3-9(8)16-17-11/h2-4H,5,13H2,1H3,(H,14,19)(H,16,17). The predicted octanol–water partition coefficient (Wildman–Crippen LogP) is 0.767. The summed E-state index contributed by atoms with van der Waals surface area (Å²) in [5, 5.41) is 13.8. The Hall–Kier alpha value is -2.90. The van der Waals surface area contributed by atoms with Crippen molar-refractivity contribution in [3.8, 4) is 0 Å². The highest BCUT2D eigenvalue weighted by molar-refractivity contribution is 6.05. The summed E-state index contributed by atoms with van der Waals surface area (Å²) in [4.78, 5) is 16.1. The van der Waals surface area contributed by atoms with Gasteiger partial charge in [0.15, 0.2) is 11.5 Å². The van der Waals surface area contributed by atoms with Gasteiger partial charge in [0, 0.05) is 11.1 Å². The quantitative estimate of drug-likeness (QED) is 0.605. The molecule has 3 aromatic rings. The number of aryl methyl sites for hydroxylation is 1. The van der Waals surface area contributed by atoms with Crippen LogP contribution < -0.4 is 11.1 Å². The topological polar surface area (TPSA) is 123 Å². The fraction of sp³-hybridized carbons (Fsp3) is 0.167. The van der Waals surface area contributed by atoms with Crippen molar-refractivity contribution in [2.75, 3.05) is 5.73 Å². The summed E-state index contributed by atoms with van der Waals surface area (Å²) < 4.78 is 4.91. The lowest BCUT2D eigenvalue weighted by Crippen LogP contribution is -2.23. The summed E-state index contributed by atoms with van der Waals surface area (Å²) in [6, 6.07) is 5.21. The third-order valence-corrected chi connectivity index (χ3v) is 2.77. The fourth-order valence-electron chi connectivity index (χ4n) is 1.86. The molecule has 0 aliphatic rings. The molecule has 0 radical (unpaired) electrons. The molecule has 0 saturated heterocycles.